The second-order valence-corrected chi connectivity index (χ2v) is 4.47. The summed E-state index contributed by atoms with van der Waals surface area (Å²) >= 11 is 0. The molecule has 0 aromatic heterocycles. The fourth-order valence-corrected chi connectivity index (χ4v) is 1.84. The molecule has 17 heavy (non-hydrogen) atoms. The Labute approximate surface area is 99.9 Å². The Balaban J connectivity index is 2.54. The normalized spacial score (nSPS) is 12.9. The van der Waals surface area contributed by atoms with E-state index in [1.165, 1.54) is 0 Å². The van der Waals surface area contributed by atoms with Gasteiger partial charge in [0.15, 0.2) is 0 Å². The van der Waals surface area contributed by atoms with Gasteiger partial charge in [0, 0.05) is 30.9 Å². The topological polar surface area (TPSA) is 58.7 Å². The van der Waals surface area contributed by atoms with Crippen molar-refractivity contribution in [3.63, 3.8) is 0 Å². The summed E-state index contributed by atoms with van der Waals surface area (Å²) in [7, 11) is 1.87. The molecule has 1 aromatic carbocycles. The molecule has 0 saturated carbocycles. The number of nitro benzene ring substituents is 1. The molecule has 0 fully saturated rings. The molecular formula is C12H15N3O2. The molecule has 0 saturated heterocycles. The lowest BCUT2D eigenvalue weighted by Gasteiger charge is -2.24. The van der Waals surface area contributed by atoms with E-state index >= 15 is 0 Å². The molecule has 0 spiro atoms. The van der Waals surface area contributed by atoms with E-state index in [0.29, 0.717) is 12.2 Å². The van der Waals surface area contributed by atoms with Crippen LogP contribution >= 0.6 is 0 Å². The van der Waals surface area contributed by atoms with Crippen LogP contribution in [0.1, 0.15) is 25.0 Å². The van der Waals surface area contributed by atoms with Gasteiger partial charge in [-0.05, 0) is 25.5 Å². The van der Waals surface area contributed by atoms with Gasteiger partial charge in [-0.3, -0.25) is 15.1 Å². The highest BCUT2D eigenvalue weighted by Crippen LogP contribution is 2.33. The van der Waals surface area contributed by atoms with Crippen molar-refractivity contribution in [2.45, 2.75) is 26.4 Å². The van der Waals surface area contributed by atoms with Crippen molar-refractivity contribution in [3.05, 3.63) is 33.4 Å². The molecule has 5 heteroatoms. The fourth-order valence-electron chi connectivity index (χ4n) is 1.84. The maximum atomic E-state index is 11.1. The number of nitrogens with zero attached hydrogens (tertiary/aromatic N) is 3. The van der Waals surface area contributed by atoms with Crippen molar-refractivity contribution in [3.8, 4) is 0 Å². The Kier molecular flexibility index (Phi) is 2.83. The first kappa shape index (κ1) is 11.6. The van der Waals surface area contributed by atoms with Crippen LogP contribution in [0.2, 0.25) is 0 Å². The van der Waals surface area contributed by atoms with Crippen LogP contribution < -0.4 is 4.90 Å². The first-order valence-corrected chi connectivity index (χ1v) is 5.54. The largest absolute Gasteiger partial charge is 0.367 e. The maximum absolute atomic E-state index is 11.1. The van der Waals surface area contributed by atoms with Gasteiger partial charge in [0.1, 0.15) is 5.69 Å². The predicted octanol–water partition coefficient (Wildman–Crippen LogP) is 2.37. The van der Waals surface area contributed by atoms with E-state index in [1.807, 2.05) is 31.9 Å². The van der Waals surface area contributed by atoms with E-state index in [4.69, 9.17) is 0 Å². The van der Waals surface area contributed by atoms with Gasteiger partial charge in [0.2, 0.25) is 0 Å². The minimum atomic E-state index is -0.333. The number of aliphatic imine (C=N–C) groups is 1. The van der Waals surface area contributed by atoms with E-state index in [2.05, 4.69) is 4.99 Å². The molecule has 0 radical (unpaired) electrons. The molecule has 0 bridgehead atoms. The second-order valence-electron chi connectivity index (χ2n) is 4.47. The Hall–Kier alpha value is -1.91. The molecule has 0 aliphatic carbocycles. The predicted molar refractivity (Wildman–Crippen MR) is 67.9 cm³/mol. The van der Waals surface area contributed by atoms with Crippen LogP contribution in [-0.4, -0.2) is 24.2 Å². The van der Waals surface area contributed by atoms with Gasteiger partial charge in [0.25, 0.3) is 5.69 Å². The molecule has 0 N–H and O–H groups in total. The van der Waals surface area contributed by atoms with Crippen LogP contribution in [0.15, 0.2) is 17.1 Å². The number of benzene rings is 1. The van der Waals surface area contributed by atoms with Crippen LogP contribution in [0.4, 0.5) is 11.4 Å². The lowest BCUT2D eigenvalue weighted by molar-refractivity contribution is -0.384. The molecule has 1 heterocycles. The summed E-state index contributed by atoms with van der Waals surface area (Å²) in [5.41, 5.74) is 2.72. The fraction of sp³-hybridized carbons (Fsp3) is 0.417. The smallest absolute Gasteiger partial charge is 0.293 e. The average molecular weight is 233 g/mol. The van der Waals surface area contributed by atoms with E-state index in [0.717, 1.165) is 11.1 Å². The zero-order chi connectivity index (χ0) is 12.6. The van der Waals surface area contributed by atoms with Crippen molar-refractivity contribution in [2.75, 3.05) is 11.9 Å². The molecule has 1 aliphatic rings. The number of anilines is 1. The van der Waals surface area contributed by atoms with Gasteiger partial charge in [0.05, 0.1) is 11.5 Å². The lowest BCUT2D eigenvalue weighted by atomic mass is 10.1. The Morgan fingerprint density at radius 1 is 1.47 bits per heavy atom. The first-order chi connectivity index (χ1) is 8.00. The summed E-state index contributed by atoms with van der Waals surface area (Å²) in [5.74, 6) is 0. The highest BCUT2D eigenvalue weighted by molar-refractivity contribution is 5.88. The third-order valence-corrected chi connectivity index (χ3v) is 3.08. The summed E-state index contributed by atoms with van der Waals surface area (Å²) in [6.45, 7) is 4.63. The second kappa shape index (κ2) is 4.16. The minimum Gasteiger partial charge on any atom is -0.367 e. The van der Waals surface area contributed by atoms with E-state index in [1.54, 1.807) is 12.3 Å². The Morgan fingerprint density at radius 3 is 2.76 bits per heavy atom. The molecule has 1 aliphatic heterocycles. The quantitative estimate of drug-likeness (QED) is 0.595. The third-order valence-electron chi connectivity index (χ3n) is 3.08. The number of hydrogen-bond acceptors (Lipinski definition) is 4. The highest BCUT2D eigenvalue weighted by atomic mass is 16.6. The van der Waals surface area contributed by atoms with Crippen LogP contribution in [-0.2, 0) is 6.54 Å². The van der Waals surface area contributed by atoms with Crippen molar-refractivity contribution in [1.82, 2.24) is 0 Å². The van der Waals surface area contributed by atoms with Gasteiger partial charge in [-0.25, -0.2) is 0 Å². The van der Waals surface area contributed by atoms with Crippen LogP contribution in [0.25, 0.3) is 0 Å². The summed E-state index contributed by atoms with van der Waals surface area (Å²) < 4.78 is 0. The minimum absolute atomic E-state index is 0.147. The van der Waals surface area contributed by atoms with Crippen LogP contribution in [0.5, 0.6) is 0 Å². The molecule has 5 nitrogen and oxygen atoms in total. The molecule has 0 amide bonds. The molecular weight excluding hydrogens is 218 g/mol. The Bertz CT molecular complexity index is 495. The van der Waals surface area contributed by atoms with Crippen LogP contribution in [0, 0.1) is 10.1 Å². The van der Waals surface area contributed by atoms with Gasteiger partial charge < -0.3 is 4.90 Å². The van der Waals surface area contributed by atoms with E-state index in [9.17, 15) is 10.1 Å². The number of nitro groups is 1. The standard InChI is InChI=1S/C12H15N3O2/c1-8(2)14(3)11-4-9-6-13-7-10(9)5-12(11)15(16)17/h4-5,7-8H,6H2,1-3H3. The SMILES string of the molecule is CC(C)N(C)c1cc2c(cc1[N+](=O)[O-])C=NC2. The summed E-state index contributed by atoms with van der Waals surface area (Å²) in [4.78, 5) is 16.8. The third kappa shape index (κ3) is 2.00. The summed E-state index contributed by atoms with van der Waals surface area (Å²) in [6.07, 6.45) is 1.70. The number of hydrogen-bond donors (Lipinski definition) is 0. The molecule has 1 aromatic rings. The lowest BCUT2D eigenvalue weighted by Crippen LogP contribution is -2.26. The zero-order valence-corrected chi connectivity index (χ0v) is 10.2. The van der Waals surface area contributed by atoms with E-state index in [-0.39, 0.29) is 16.7 Å². The van der Waals surface area contributed by atoms with Crippen molar-refractivity contribution in [1.29, 1.82) is 0 Å². The van der Waals surface area contributed by atoms with Gasteiger partial charge in [-0.2, -0.15) is 0 Å². The molecule has 0 unspecified atom stereocenters. The Morgan fingerprint density at radius 2 is 2.18 bits per heavy atom. The van der Waals surface area contributed by atoms with Gasteiger partial charge in [-0.15, -0.1) is 0 Å². The van der Waals surface area contributed by atoms with Crippen LogP contribution in [0.3, 0.4) is 0 Å². The van der Waals surface area contributed by atoms with E-state index < -0.39 is 0 Å². The van der Waals surface area contributed by atoms with Crippen molar-refractivity contribution in [2.24, 2.45) is 4.99 Å². The summed E-state index contributed by atoms with van der Waals surface area (Å²) in [6, 6.07) is 3.70. The zero-order valence-electron chi connectivity index (χ0n) is 10.2. The van der Waals surface area contributed by atoms with Gasteiger partial charge in [-0.1, -0.05) is 0 Å². The highest BCUT2D eigenvalue weighted by Gasteiger charge is 2.22. The average Bonchev–Trinajstić information content (AvgIpc) is 2.72. The van der Waals surface area contributed by atoms with Crippen molar-refractivity contribution < 1.29 is 4.92 Å². The molecule has 2 rings (SSSR count). The van der Waals surface area contributed by atoms with Gasteiger partial charge >= 0.3 is 0 Å². The van der Waals surface area contributed by atoms with Crippen molar-refractivity contribution >= 4 is 17.6 Å². The number of fused-ring (bicyclic) bond motifs is 1. The number of rotatable bonds is 3. The molecule has 0 atom stereocenters. The maximum Gasteiger partial charge on any atom is 0.293 e. The molecule has 90 valence electrons. The monoisotopic (exact) mass is 233 g/mol. The first-order valence-electron chi connectivity index (χ1n) is 5.54. The summed E-state index contributed by atoms with van der Waals surface area (Å²) in [5, 5.41) is 11.1.